The van der Waals surface area contributed by atoms with E-state index in [1.807, 2.05) is 25.1 Å². The summed E-state index contributed by atoms with van der Waals surface area (Å²) in [6.45, 7) is 7.89. The molecule has 4 aromatic rings. The van der Waals surface area contributed by atoms with E-state index in [0.29, 0.717) is 26.0 Å². The molecule has 0 aliphatic carbocycles. The van der Waals surface area contributed by atoms with Crippen LogP contribution in [-0.4, -0.2) is 41.3 Å². The Hall–Kier alpha value is -2.77. The number of amides is 2. The van der Waals surface area contributed by atoms with Gasteiger partial charge in [0.1, 0.15) is 15.8 Å². The van der Waals surface area contributed by atoms with Crippen molar-refractivity contribution in [2.45, 2.75) is 50.6 Å². The lowest BCUT2D eigenvalue weighted by molar-refractivity contribution is -0.123. The van der Waals surface area contributed by atoms with Crippen molar-refractivity contribution in [2.75, 3.05) is 0 Å². The molecule has 10 nitrogen and oxygen atoms in total. The largest absolute Gasteiger partial charge is 0.368 e. The lowest BCUT2D eigenvalue weighted by Gasteiger charge is -2.22. The van der Waals surface area contributed by atoms with Gasteiger partial charge in [-0.15, -0.1) is 0 Å². The third-order valence-corrected chi connectivity index (χ3v) is 8.52. The van der Waals surface area contributed by atoms with Crippen LogP contribution in [-0.2, 0) is 19.6 Å². The second-order valence-electron chi connectivity index (χ2n) is 10.2. The van der Waals surface area contributed by atoms with Crippen LogP contribution in [0.4, 0.5) is 0 Å². The van der Waals surface area contributed by atoms with Crippen LogP contribution in [0.25, 0.3) is 21.5 Å². The third-order valence-electron chi connectivity index (χ3n) is 5.66. The molecule has 0 atom stereocenters. The van der Waals surface area contributed by atoms with Crippen molar-refractivity contribution in [2.24, 2.45) is 17.2 Å². The number of fused-ring (bicyclic) bond motifs is 2. The molecule has 0 aliphatic rings. The van der Waals surface area contributed by atoms with Gasteiger partial charge in [-0.1, -0.05) is 70.2 Å². The molecular formula is C27H30Cl4N6O4S. The van der Waals surface area contributed by atoms with Crippen LogP contribution in [0.3, 0.4) is 0 Å². The summed E-state index contributed by atoms with van der Waals surface area (Å²) < 4.78 is 27.0. The van der Waals surface area contributed by atoms with Crippen molar-refractivity contribution < 1.29 is 18.0 Å². The summed E-state index contributed by atoms with van der Waals surface area (Å²) in [7, 11) is -3.96. The van der Waals surface area contributed by atoms with Crippen LogP contribution in [0.15, 0.2) is 53.7 Å². The topological polar surface area (TPSA) is 184 Å². The maximum absolute atomic E-state index is 12.4. The molecule has 0 aliphatic heterocycles. The summed E-state index contributed by atoms with van der Waals surface area (Å²) in [5, 5.41) is 4.46. The Bertz CT molecular complexity index is 1760. The number of primary amides is 2. The summed E-state index contributed by atoms with van der Waals surface area (Å²) in [5.41, 5.74) is 14.0. The van der Waals surface area contributed by atoms with Gasteiger partial charge >= 0.3 is 0 Å². The van der Waals surface area contributed by atoms with E-state index in [4.69, 9.17) is 63.6 Å². The van der Waals surface area contributed by atoms with Crippen molar-refractivity contribution >= 4 is 89.8 Å². The number of halogens is 4. The molecule has 4 rings (SSSR count). The van der Waals surface area contributed by atoms with Gasteiger partial charge in [0.05, 0.1) is 20.5 Å². The Morgan fingerprint density at radius 2 is 1.19 bits per heavy atom. The number of hydrogen-bond acceptors (Lipinski definition) is 7. The Kier molecular flexibility index (Phi) is 11.5. The molecule has 15 heteroatoms. The van der Waals surface area contributed by atoms with Gasteiger partial charge < -0.3 is 17.2 Å². The summed E-state index contributed by atoms with van der Waals surface area (Å²) in [6.07, 6.45) is 2.95. The van der Waals surface area contributed by atoms with Gasteiger partial charge in [0, 0.05) is 33.9 Å². The number of aromatic nitrogens is 2. The fraction of sp³-hybridized carbons (Fsp3) is 0.259. The molecular weight excluding hydrogens is 646 g/mol. The van der Waals surface area contributed by atoms with Gasteiger partial charge in [-0.2, -0.15) is 4.72 Å². The summed E-state index contributed by atoms with van der Waals surface area (Å²) in [6, 6.07) is 10.2. The van der Waals surface area contributed by atoms with E-state index in [-0.39, 0.29) is 10.0 Å². The number of nitrogens with two attached hydrogens (primary N) is 3. The van der Waals surface area contributed by atoms with Crippen molar-refractivity contribution in [3.8, 4) is 0 Å². The minimum Gasteiger partial charge on any atom is -0.368 e. The average molecular weight is 676 g/mol. The molecule has 2 amide bonds. The third kappa shape index (κ3) is 9.11. The highest BCUT2D eigenvalue weighted by Gasteiger charge is 2.31. The summed E-state index contributed by atoms with van der Waals surface area (Å²) >= 11 is 23.9. The number of nitrogens with one attached hydrogen (secondary N) is 1. The van der Waals surface area contributed by atoms with Gasteiger partial charge in [-0.25, -0.2) is 18.4 Å². The first kappa shape index (κ1) is 35.4. The molecule has 0 saturated carbocycles. The van der Waals surface area contributed by atoms with Crippen molar-refractivity contribution in [3.63, 3.8) is 0 Å². The van der Waals surface area contributed by atoms with Crippen LogP contribution >= 0.6 is 46.4 Å². The van der Waals surface area contributed by atoms with Crippen molar-refractivity contribution in [1.29, 1.82) is 0 Å². The highest BCUT2D eigenvalue weighted by molar-refractivity contribution is 7.89. The van der Waals surface area contributed by atoms with Gasteiger partial charge in [-0.3, -0.25) is 9.59 Å². The number of aryl methyl sites for hydroxylation is 1. The van der Waals surface area contributed by atoms with E-state index in [9.17, 15) is 18.0 Å². The minimum absolute atomic E-state index is 0.0692. The number of pyridine rings is 2. The normalized spacial score (nSPS) is 11.8. The van der Waals surface area contributed by atoms with Crippen LogP contribution in [0.5, 0.6) is 0 Å². The zero-order chi connectivity index (χ0) is 32.2. The fourth-order valence-electron chi connectivity index (χ4n) is 3.06. The highest BCUT2D eigenvalue weighted by atomic mass is 35.5. The first-order valence-corrected chi connectivity index (χ1v) is 15.0. The van der Waals surface area contributed by atoms with Crippen LogP contribution < -0.4 is 21.9 Å². The van der Waals surface area contributed by atoms with E-state index in [0.717, 1.165) is 16.3 Å². The molecule has 0 spiro atoms. The quantitative estimate of drug-likeness (QED) is 0.211. The number of sulfonamides is 1. The molecule has 0 bridgehead atoms. The van der Waals surface area contributed by atoms with Gasteiger partial charge in [-0.05, 0) is 52.8 Å². The molecule has 0 fully saturated rings. The highest BCUT2D eigenvalue weighted by Crippen LogP contribution is 2.30. The van der Waals surface area contributed by atoms with E-state index in [1.54, 1.807) is 20.0 Å². The van der Waals surface area contributed by atoms with Crippen molar-refractivity contribution in [1.82, 2.24) is 14.7 Å². The van der Waals surface area contributed by atoms with E-state index >= 15 is 0 Å². The average Bonchev–Trinajstić information content (AvgIpc) is 2.88. The number of hydrogen-bond donors (Lipinski definition) is 4. The van der Waals surface area contributed by atoms with Gasteiger partial charge in [0.25, 0.3) is 0 Å². The standard InChI is InChI=1S/C13H13Cl2N3O3S.C10H7Cl2N.C4H10N2O/c1-13(2,12(16)19)18-22(20,21)7-3-4-8-9(5-7)11(15)17-6-10(8)14;1-6-2-3-7-8(4-6)10(12)13-5-9(7)11;1-4(2,6)3(5)7/h3-6,18H,1-2H3,(H2,16,19);2-5H,1H3;6H2,1-2H3,(H2,5,7). The monoisotopic (exact) mass is 674 g/mol. The minimum atomic E-state index is -3.96. The number of carbonyl (C=O) groups excluding carboxylic acids is 2. The maximum Gasteiger partial charge on any atom is 0.241 e. The summed E-state index contributed by atoms with van der Waals surface area (Å²) in [5.74, 6) is -1.27. The Balaban J connectivity index is 0.000000259. The summed E-state index contributed by atoms with van der Waals surface area (Å²) in [4.78, 5) is 29.2. The number of carbonyl (C=O) groups is 2. The molecule has 226 valence electrons. The second-order valence-corrected chi connectivity index (χ2v) is 13.4. The maximum atomic E-state index is 12.4. The second kappa shape index (κ2) is 13.7. The SMILES string of the molecule is CC(C)(N)C(N)=O.CC(C)(NS(=O)(=O)c1ccc2c(Cl)cnc(Cl)c2c1)C(N)=O.Cc1ccc2c(Cl)cnc(Cl)c2c1. The zero-order valence-electron chi connectivity index (χ0n) is 23.3. The number of rotatable bonds is 5. The molecule has 2 heterocycles. The molecule has 7 N–H and O–H groups in total. The van der Waals surface area contributed by atoms with Crippen LogP contribution in [0.2, 0.25) is 20.4 Å². The molecule has 2 aromatic carbocycles. The molecule has 0 unspecified atom stereocenters. The van der Waals surface area contributed by atoms with Gasteiger partial charge in [0.2, 0.25) is 21.8 Å². The first-order valence-electron chi connectivity index (χ1n) is 12.0. The molecule has 0 radical (unpaired) electrons. The van der Waals surface area contributed by atoms with E-state index < -0.39 is 32.9 Å². The Labute approximate surface area is 263 Å². The smallest absolute Gasteiger partial charge is 0.241 e. The number of nitrogens with zero attached hydrogens (tertiary/aromatic N) is 2. The predicted octanol–water partition coefficient (Wildman–Crippen LogP) is 5.14. The Morgan fingerprint density at radius 1 is 0.762 bits per heavy atom. The Morgan fingerprint density at radius 3 is 1.62 bits per heavy atom. The molecule has 0 saturated heterocycles. The molecule has 42 heavy (non-hydrogen) atoms. The van der Waals surface area contributed by atoms with Crippen molar-refractivity contribution in [3.05, 3.63) is 74.7 Å². The van der Waals surface area contributed by atoms with Crippen LogP contribution in [0, 0.1) is 6.92 Å². The van der Waals surface area contributed by atoms with Crippen LogP contribution in [0.1, 0.15) is 33.3 Å². The predicted molar refractivity (Wildman–Crippen MR) is 169 cm³/mol. The first-order chi connectivity index (χ1) is 19.2. The lowest BCUT2D eigenvalue weighted by Crippen LogP contribution is -2.52. The lowest BCUT2D eigenvalue weighted by atomic mass is 10.1. The fourth-order valence-corrected chi connectivity index (χ4v) is 5.30. The van der Waals surface area contributed by atoms with E-state index in [2.05, 4.69) is 14.7 Å². The van der Waals surface area contributed by atoms with E-state index in [1.165, 1.54) is 38.2 Å². The number of benzene rings is 2. The molecule has 2 aromatic heterocycles. The zero-order valence-corrected chi connectivity index (χ0v) is 27.1. The van der Waals surface area contributed by atoms with Gasteiger partial charge in [0.15, 0.2) is 0 Å².